The summed E-state index contributed by atoms with van der Waals surface area (Å²) in [5, 5.41) is 0. The van der Waals surface area contributed by atoms with Gasteiger partial charge < -0.3 is 14.2 Å². The van der Waals surface area contributed by atoms with Crippen LogP contribution in [0.4, 0.5) is 30.7 Å². The van der Waals surface area contributed by atoms with Gasteiger partial charge in [0.2, 0.25) is 0 Å². The Labute approximate surface area is 164 Å². The standard InChI is InChI=1S/C17H15F7O6/c1-5(2)12(25)29-10-6-3-7-9(14(27)30-11(7)10)8(6)13(26)28-4-15(18,19)16(20,21)17(22,23)24/h6-11H,1,3-4H2,2H3. The van der Waals surface area contributed by atoms with E-state index in [1.165, 1.54) is 6.92 Å². The van der Waals surface area contributed by atoms with E-state index in [4.69, 9.17) is 9.47 Å². The number of hydrogen-bond donors (Lipinski definition) is 0. The van der Waals surface area contributed by atoms with Crippen molar-refractivity contribution in [3.8, 4) is 0 Å². The second kappa shape index (κ2) is 6.84. The molecule has 0 aromatic heterocycles. The van der Waals surface area contributed by atoms with Crippen LogP contribution in [0.15, 0.2) is 12.2 Å². The third kappa shape index (κ3) is 3.22. The van der Waals surface area contributed by atoms with E-state index in [9.17, 15) is 45.1 Å². The number of carbonyl (C=O) groups excluding carboxylic acids is 3. The fourth-order valence-corrected chi connectivity index (χ4v) is 4.25. The third-order valence-electron chi connectivity index (χ3n) is 5.62. The maximum atomic E-state index is 13.4. The first-order valence-electron chi connectivity index (χ1n) is 8.66. The van der Waals surface area contributed by atoms with Crippen LogP contribution in [0.1, 0.15) is 13.3 Å². The fourth-order valence-electron chi connectivity index (χ4n) is 4.25. The van der Waals surface area contributed by atoms with Gasteiger partial charge in [-0.3, -0.25) is 9.59 Å². The van der Waals surface area contributed by atoms with Gasteiger partial charge >= 0.3 is 35.9 Å². The second-order valence-corrected chi connectivity index (χ2v) is 7.55. The van der Waals surface area contributed by atoms with Crippen LogP contribution in [-0.2, 0) is 28.6 Å². The van der Waals surface area contributed by atoms with E-state index < -0.39 is 78.4 Å². The van der Waals surface area contributed by atoms with Crippen molar-refractivity contribution >= 4 is 17.9 Å². The van der Waals surface area contributed by atoms with E-state index in [2.05, 4.69) is 11.3 Å². The molecule has 2 bridgehead atoms. The summed E-state index contributed by atoms with van der Waals surface area (Å²) >= 11 is 0. The highest BCUT2D eigenvalue weighted by Gasteiger charge is 2.74. The highest BCUT2D eigenvalue weighted by molar-refractivity contribution is 5.88. The van der Waals surface area contributed by atoms with Gasteiger partial charge in [0, 0.05) is 17.4 Å². The number of hydrogen-bond acceptors (Lipinski definition) is 6. The summed E-state index contributed by atoms with van der Waals surface area (Å²) in [6.07, 6.45) is -8.46. The number of ether oxygens (including phenoxy) is 3. The van der Waals surface area contributed by atoms with Crippen LogP contribution in [0.5, 0.6) is 0 Å². The molecule has 0 spiro atoms. The quantitative estimate of drug-likeness (QED) is 0.269. The monoisotopic (exact) mass is 448 g/mol. The third-order valence-corrected chi connectivity index (χ3v) is 5.62. The van der Waals surface area contributed by atoms with E-state index in [-0.39, 0.29) is 12.0 Å². The van der Waals surface area contributed by atoms with Gasteiger partial charge in [0.25, 0.3) is 0 Å². The van der Waals surface area contributed by atoms with Gasteiger partial charge in [-0.15, -0.1) is 0 Å². The van der Waals surface area contributed by atoms with Crippen LogP contribution < -0.4 is 0 Å². The summed E-state index contributed by atoms with van der Waals surface area (Å²) in [7, 11) is 0. The van der Waals surface area contributed by atoms with Crippen molar-refractivity contribution in [1.29, 1.82) is 0 Å². The molecule has 1 saturated heterocycles. The molecule has 0 radical (unpaired) electrons. The summed E-state index contributed by atoms with van der Waals surface area (Å²) in [6.45, 7) is 2.15. The molecule has 0 amide bonds. The van der Waals surface area contributed by atoms with Crippen molar-refractivity contribution in [1.82, 2.24) is 0 Å². The second-order valence-electron chi connectivity index (χ2n) is 7.55. The fraction of sp³-hybridized carbons (Fsp3) is 0.706. The molecule has 2 aliphatic carbocycles. The van der Waals surface area contributed by atoms with Crippen LogP contribution in [0, 0.1) is 23.7 Å². The van der Waals surface area contributed by atoms with Gasteiger partial charge in [-0.2, -0.15) is 30.7 Å². The molecule has 1 heterocycles. The summed E-state index contributed by atoms with van der Waals surface area (Å²) in [5.74, 6) is -19.7. The Morgan fingerprint density at radius 2 is 1.73 bits per heavy atom. The zero-order valence-corrected chi connectivity index (χ0v) is 15.2. The van der Waals surface area contributed by atoms with E-state index in [1.54, 1.807) is 0 Å². The van der Waals surface area contributed by atoms with Crippen molar-refractivity contribution in [2.75, 3.05) is 6.61 Å². The molecule has 30 heavy (non-hydrogen) atoms. The SMILES string of the molecule is C=C(C)C(=O)OC1C2CC3C1OC(=O)C3C2C(=O)OCC(F)(F)C(F)(F)C(F)(F)F. The molecule has 6 nitrogen and oxygen atoms in total. The molecule has 6 unspecified atom stereocenters. The molecule has 13 heteroatoms. The minimum Gasteiger partial charge on any atom is -0.459 e. The average Bonchev–Trinajstić information content (AvgIpc) is 3.22. The lowest BCUT2D eigenvalue weighted by molar-refractivity contribution is -0.360. The molecule has 1 aliphatic heterocycles. The van der Waals surface area contributed by atoms with Crippen molar-refractivity contribution in [2.24, 2.45) is 23.7 Å². The Morgan fingerprint density at radius 1 is 1.13 bits per heavy atom. The largest absolute Gasteiger partial charge is 0.460 e. The van der Waals surface area contributed by atoms with E-state index >= 15 is 0 Å². The minimum absolute atomic E-state index is 0.00759. The van der Waals surface area contributed by atoms with Crippen molar-refractivity contribution < 1.29 is 59.3 Å². The van der Waals surface area contributed by atoms with Gasteiger partial charge in [-0.25, -0.2) is 4.79 Å². The predicted molar refractivity (Wildman–Crippen MR) is 80.1 cm³/mol. The summed E-state index contributed by atoms with van der Waals surface area (Å²) in [4.78, 5) is 36.2. The predicted octanol–water partition coefficient (Wildman–Crippen LogP) is 2.66. The summed E-state index contributed by atoms with van der Waals surface area (Å²) in [5.41, 5.74) is -0.00759. The summed E-state index contributed by atoms with van der Waals surface area (Å²) < 4.78 is 104. The molecule has 0 aromatic carbocycles. The molecule has 6 atom stereocenters. The van der Waals surface area contributed by atoms with Crippen LogP contribution in [0.2, 0.25) is 0 Å². The molecular formula is C17H15F7O6. The lowest BCUT2D eigenvalue weighted by atomic mass is 9.78. The number of esters is 3. The molecule has 168 valence electrons. The molecule has 0 N–H and O–H groups in total. The molecule has 3 aliphatic rings. The highest BCUT2D eigenvalue weighted by Crippen LogP contribution is 2.59. The number of alkyl halides is 7. The normalized spacial score (nSPS) is 32.7. The lowest BCUT2D eigenvalue weighted by Gasteiger charge is -2.31. The molecule has 0 aromatic rings. The van der Waals surface area contributed by atoms with Gasteiger partial charge in [0.15, 0.2) is 6.61 Å². The van der Waals surface area contributed by atoms with Crippen LogP contribution >= 0.6 is 0 Å². The molecular weight excluding hydrogens is 433 g/mol. The van der Waals surface area contributed by atoms with Gasteiger partial charge in [-0.05, 0) is 13.3 Å². The van der Waals surface area contributed by atoms with Gasteiger partial charge in [0.1, 0.15) is 12.2 Å². The van der Waals surface area contributed by atoms with E-state index in [0.717, 1.165) is 0 Å². The zero-order chi connectivity index (χ0) is 22.8. The highest BCUT2D eigenvalue weighted by atomic mass is 19.4. The first-order valence-corrected chi connectivity index (χ1v) is 8.66. The van der Waals surface area contributed by atoms with Crippen molar-refractivity contribution in [2.45, 2.75) is 43.6 Å². The number of fused-ring (bicyclic) bond motifs is 1. The minimum atomic E-state index is -6.57. The molecule has 3 fully saturated rings. The van der Waals surface area contributed by atoms with Crippen LogP contribution in [-0.4, -0.2) is 54.7 Å². The zero-order valence-electron chi connectivity index (χ0n) is 15.2. The molecule has 3 rings (SSSR count). The summed E-state index contributed by atoms with van der Waals surface area (Å²) in [6, 6.07) is 0. The first kappa shape index (κ1) is 22.3. The van der Waals surface area contributed by atoms with Gasteiger partial charge in [-0.1, -0.05) is 6.58 Å². The van der Waals surface area contributed by atoms with Crippen molar-refractivity contribution in [3.63, 3.8) is 0 Å². The van der Waals surface area contributed by atoms with Crippen LogP contribution in [0.25, 0.3) is 0 Å². The van der Waals surface area contributed by atoms with E-state index in [1.807, 2.05) is 0 Å². The Morgan fingerprint density at radius 3 is 2.27 bits per heavy atom. The first-order chi connectivity index (χ1) is 13.6. The van der Waals surface area contributed by atoms with Crippen LogP contribution in [0.3, 0.4) is 0 Å². The van der Waals surface area contributed by atoms with Crippen molar-refractivity contribution in [3.05, 3.63) is 12.2 Å². The Balaban J connectivity index is 1.75. The molecule has 2 saturated carbocycles. The van der Waals surface area contributed by atoms with E-state index in [0.29, 0.717) is 0 Å². The Kier molecular flexibility index (Phi) is 5.10. The number of rotatable bonds is 6. The van der Waals surface area contributed by atoms with Gasteiger partial charge in [0.05, 0.1) is 11.8 Å². The topological polar surface area (TPSA) is 78.9 Å². The average molecular weight is 448 g/mol. The Hall–Kier alpha value is -2.34. The lowest BCUT2D eigenvalue weighted by Crippen LogP contribution is -2.55. The number of halogens is 7. The number of carbonyl (C=O) groups is 3. The Bertz CT molecular complexity index is 792. The maximum Gasteiger partial charge on any atom is 0.460 e. The smallest absolute Gasteiger partial charge is 0.459 e. The maximum absolute atomic E-state index is 13.4.